The number of furan rings is 1. The van der Waals surface area contributed by atoms with E-state index in [1.807, 2.05) is 24.3 Å². The van der Waals surface area contributed by atoms with Crippen molar-refractivity contribution in [1.29, 1.82) is 0 Å². The lowest BCUT2D eigenvalue weighted by Gasteiger charge is -2.31. The Morgan fingerprint density at radius 2 is 0.884 bits per heavy atom. The molecular weight excluding hydrogens is 841 g/mol. The number of nitrogens with zero attached hydrogens (tertiary/aromatic N) is 4. The first-order chi connectivity index (χ1) is 34.2. The lowest BCUT2D eigenvalue weighted by molar-refractivity contribution is 0.673. The van der Waals surface area contributed by atoms with E-state index in [0.717, 1.165) is 117 Å². The van der Waals surface area contributed by atoms with Crippen LogP contribution < -0.4 is 4.90 Å². The molecule has 13 aromatic rings. The predicted molar refractivity (Wildman–Crippen MR) is 286 cm³/mol. The van der Waals surface area contributed by atoms with Gasteiger partial charge < -0.3 is 13.9 Å². The summed E-state index contributed by atoms with van der Waals surface area (Å²) in [5.74, 6) is 0.672. The van der Waals surface area contributed by atoms with Crippen LogP contribution in [0.4, 0.5) is 17.1 Å². The molecule has 69 heavy (non-hydrogen) atoms. The van der Waals surface area contributed by atoms with Crippen molar-refractivity contribution < 1.29 is 4.42 Å². The van der Waals surface area contributed by atoms with Crippen molar-refractivity contribution in [3.8, 4) is 61.8 Å². The minimum Gasteiger partial charge on any atom is -0.455 e. The van der Waals surface area contributed by atoms with E-state index >= 15 is 0 Å². The van der Waals surface area contributed by atoms with Gasteiger partial charge in [-0.05, 0) is 83.9 Å². The minimum absolute atomic E-state index is 0.672. The molecule has 0 saturated carbocycles. The number of fused-ring (bicyclic) bond motifs is 7. The summed E-state index contributed by atoms with van der Waals surface area (Å²) in [5, 5.41) is 4.41. The maximum Gasteiger partial charge on any atom is 0.160 e. The molecule has 5 heteroatoms. The summed E-state index contributed by atoms with van der Waals surface area (Å²) in [4.78, 5) is 12.9. The van der Waals surface area contributed by atoms with Crippen LogP contribution in [0.2, 0.25) is 0 Å². The molecule has 5 nitrogen and oxygen atoms in total. The minimum atomic E-state index is 0.672. The average molecular weight is 883 g/mol. The number of hydrogen-bond donors (Lipinski definition) is 0. The number of hydrogen-bond acceptors (Lipinski definition) is 4. The van der Waals surface area contributed by atoms with E-state index in [2.05, 4.69) is 240 Å². The number of anilines is 3. The Balaban J connectivity index is 1.07. The van der Waals surface area contributed by atoms with Gasteiger partial charge in [0.25, 0.3) is 0 Å². The predicted octanol–water partition coefficient (Wildman–Crippen LogP) is 17.3. The molecular formula is C64H42N4O. The second-order valence-electron chi connectivity index (χ2n) is 17.3. The van der Waals surface area contributed by atoms with Crippen LogP contribution in [0.15, 0.2) is 259 Å². The summed E-state index contributed by atoms with van der Waals surface area (Å²) in [6, 6.07) is 89.7. The molecule has 0 bridgehead atoms. The molecule has 0 aliphatic carbocycles. The van der Waals surface area contributed by atoms with Crippen molar-refractivity contribution in [2.24, 2.45) is 0 Å². The van der Waals surface area contributed by atoms with Gasteiger partial charge in [0, 0.05) is 67.1 Å². The Bertz CT molecular complexity index is 3860. The van der Waals surface area contributed by atoms with E-state index in [1.54, 1.807) is 0 Å². The van der Waals surface area contributed by atoms with E-state index in [-0.39, 0.29) is 0 Å². The number of rotatable bonds is 9. The highest BCUT2D eigenvalue weighted by Crippen LogP contribution is 2.50. The molecule has 0 spiro atoms. The van der Waals surface area contributed by atoms with Gasteiger partial charge in [-0.1, -0.05) is 176 Å². The Morgan fingerprint density at radius 3 is 1.52 bits per heavy atom. The normalized spacial score (nSPS) is 11.5. The van der Waals surface area contributed by atoms with Gasteiger partial charge in [-0.25, -0.2) is 9.97 Å². The fourth-order valence-corrected chi connectivity index (χ4v) is 10.0. The van der Waals surface area contributed by atoms with Gasteiger partial charge in [0.2, 0.25) is 0 Å². The summed E-state index contributed by atoms with van der Waals surface area (Å²) in [6.45, 7) is 0. The smallest absolute Gasteiger partial charge is 0.160 e. The SMILES string of the molecule is c1ccc(-c2cc(-c3cc(-c4ccccc4)c(N(c4ccccc4)c4ccc5c(c4)oc4c5ccc5c4c4ccccc4n5-c4ccccc4)c(-c4ccccc4)c3)nc(-c3ccccc3)n2)cc1. The largest absolute Gasteiger partial charge is 0.455 e. The summed E-state index contributed by atoms with van der Waals surface area (Å²) >= 11 is 0. The number of benzene rings is 10. The zero-order valence-corrected chi connectivity index (χ0v) is 37.4. The van der Waals surface area contributed by atoms with Crippen molar-refractivity contribution in [3.05, 3.63) is 255 Å². The van der Waals surface area contributed by atoms with Gasteiger partial charge in [0.05, 0.1) is 33.5 Å². The Labute approximate surface area is 399 Å². The molecule has 0 aliphatic heterocycles. The van der Waals surface area contributed by atoms with Crippen molar-refractivity contribution in [3.63, 3.8) is 0 Å². The average Bonchev–Trinajstić information content (AvgIpc) is 3.98. The van der Waals surface area contributed by atoms with E-state index in [0.29, 0.717) is 5.82 Å². The Hall–Kier alpha value is -9.32. The third-order valence-corrected chi connectivity index (χ3v) is 13.2. The Morgan fingerprint density at radius 1 is 0.362 bits per heavy atom. The van der Waals surface area contributed by atoms with Gasteiger partial charge in [-0.3, -0.25) is 0 Å². The lowest BCUT2D eigenvalue weighted by Crippen LogP contribution is -2.13. The maximum atomic E-state index is 7.13. The molecule has 0 saturated heterocycles. The van der Waals surface area contributed by atoms with Crippen LogP contribution in [0.5, 0.6) is 0 Å². The summed E-state index contributed by atoms with van der Waals surface area (Å²) in [6.07, 6.45) is 0. The van der Waals surface area contributed by atoms with Crippen LogP contribution in [0.25, 0.3) is 106 Å². The third-order valence-electron chi connectivity index (χ3n) is 13.2. The summed E-state index contributed by atoms with van der Waals surface area (Å²) in [5.41, 5.74) is 17.0. The molecule has 3 aromatic heterocycles. The Kier molecular flexibility index (Phi) is 9.76. The fraction of sp³-hybridized carbons (Fsp3) is 0. The maximum absolute atomic E-state index is 7.13. The van der Waals surface area contributed by atoms with Gasteiger partial charge in [-0.15, -0.1) is 0 Å². The van der Waals surface area contributed by atoms with Crippen LogP contribution in [-0.2, 0) is 0 Å². The number of aromatic nitrogens is 3. The molecule has 0 radical (unpaired) electrons. The van der Waals surface area contributed by atoms with E-state index in [1.165, 1.54) is 0 Å². The molecule has 13 rings (SSSR count). The molecule has 0 aliphatic rings. The topological polar surface area (TPSA) is 47.1 Å². The fourth-order valence-electron chi connectivity index (χ4n) is 10.0. The molecule has 3 heterocycles. The van der Waals surface area contributed by atoms with E-state index < -0.39 is 0 Å². The second kappa shape index (κ2) is 16.8. The summed E-state index contributed by atoms with van der Waals surface area (Å²) < 4.78 is 9.47. The van der Waals surface area contributed by atoms with Crippen molar-refractivity contribution >= 4 is 60.8 Å². The van der Waals surface area contributed by atoms with Gasteiger partial charge >= 0.3 is 0 Å². The monoisotopic (exact) mass is 882 g/mol. The van der Waals surface area contributed by atoms with E-state index in [9.17, 15) is 0 Å². The first-order valence-electron chi connectivity index (χ1n) is 23.3. The molecule has 324 valence electrons. The first-order valence-corrected chi connectivity index (χ1v) is 23.3. The van der Waals surface area contributed by atoms with Crippen LogP contribution in [0.3, 0.4) is 0 Å². The standard InChI is InChI=1S/C64H42N4O/c1-7-21-43(22-8-1)54-39-47(57-42-56(45-25-11-3-12-26-45)65-64(66-57)46-27-13-4-14-28-46)40-55(44-23-9-2-10-24-44)62(54)67(48-29-15-5-16-30-48)50-35-36-51-52-37-38-59-61(63(52)69-60(51)41-50)53-33-19-20-34-58(53)68(59)49-31-17-6-18-32-49/h1-42H. The van der Waals surface area contributed by atoms with Gasteiger partial charge in [0.15, 0.2) is 5.82 Å². The van der Waals surface area contributed by atoms with Gasteiger partial charge in [-0.2, -0.15) is 0 Å². The van der Waals surface area contributed by atoms with Crippen LogP contribution in [0, 0.1) is 0 Å². The number of para-hydroxylation sites is 3. The van der Waals surface area contributed by atoms with Gasteiger partial charge in [0.1, 0.15) is 11.2 Å². The van der Waals surface area contributed by atoms with E-state index in [4.69, 9.17) is 14.4 Å². The molecule has 10 aromatic carbocycles. The molecule has 0 atom stereocenters. The zero-order chi connectivity index (χ0) is 45.7. The quantitative estimate of drug-likeness (QED) is 0.145. The van der Waals surface area contributed by atoms with Crippen LogP contribution in [-0.4, -0.2) is 14.5 Å². The van der Waals surface area contributed by atoms with Crippen LogP contribution >= 0.6 is 0 Å². The highest BCUT2D eigenvalue weighted by molar-refractivity contribution is 6.24. The molecule has 0 amide bonds. The molecule has 0 N–H and O–H groups in total. The highest BCUT2D eigenvalue weighted by Gasteiger charge is 2.26. The van der Waals surface area contributed by atoms with Crippen molar-refractivity contribution in [2.75, 3.05) is 4.90 Å². The zero-order valence-electron chi connectivity index (χ0n) is 37.4. The summed E-state index contributed by atoms with van der Waals surface area (Å²) in [7, 11) is 0. The lowest BCUT2D eigenvalue weighted by atomic mass is 9.90. The highest BCUT2D eigenvalue weighted by atomic mass is 16.3. The third kappa shape index (κ3) is 7.04. The molecule has 0 unspecified atom stereocenters. The first kappa shape index (κ1) is 40.0. The van der Waals surface area contributed by atoms with Crippen molar-refractivity contribution in [2.45, 2.75) is 0 Å². The molecule has 0 fully saturated rings. The van der Waals surface area contributed by atoms with Crippen molar-refractivity contribution in [1.82, 2.24) is 14.5 Å². The van der Waals surface area contributed by atoms with Crippen LogP contribution in [0.1, 0.15) is 0 Å². The second-order valence-corrected chi connectivity index (χ2v) is 17.3.